The first-order valence-corrected chi connectivity index (χ1v) is 16.2. The van der Waals surface area contributed by atoms with Gasteiger partial charge in [0.1, 0.15) is 0 Å². The maximum absolute atomic E-state index is 4.67. The summed E-state index contributed by atoms with van der Waals surface area (Å²) in [6.07, 6.45) is 3.80. The van der Waals surface area contributed by atoms with Gasteiger partial charge in [-0.25, -0.2) is 0 Å². The van der Waals surface area contributed by atoms with E-state index in [9.17, 15) is 0 Å². The Morgan fingerprint density at radius 2 is 1.30 bits per heavy atom. The van der Waals surface area contributed by atoms with Crippen LogP contribution in [0.3, 0.4) is 0 Å². The molecule has 5 aromatic carbocycles. The first-order chi connectivity index (χ1) is 22.6. The Hall–Kier alpha value is -4.93. The molecule has 0 aliphatic carbocycles. The molecule has 5 aromatic heterocycles. The van der Waals surface area contributed by atoms with Gasteiger partial charge in [-0.1, -0.05) is 66.0 Å². The van der Waals surface area contributed by atoms with Crippen molar-refractivity contribution >= 4 is 69.6 Å². The second-order valence-corrected chi connectivity index (χ2v) is 12.9. The Labute approximate surface area is 289 Å². The normalized spacial score (nSPS) is 11.4. The van der Waals surface area contributed by atoms with Crippen molar-refractivity contribution in [3.63, 3.8) is 0 Å². The minimum Gasteiger partial charge on any atom is -0.350 e. The van der Waals surface area contributed by atoms with Gasteiger partial charge >= 0.3 is 0 Å². The van der Waals surface area contributed by atoms with Crippen LogP contribution in [0.4, 0.5) is 0 Å². The summed E-state index contributed by atoms with van der Waals surface area (Å²) >= 11 is 1.90. The first-order valence-electron chi connectivity index (χ1n) is 15.4. The Morgan fingerprint density at radius 1 is 0.596 bits per heavy atom. The summed E-state index contributed by atoms with van der Waals surface area (Å²) in [6.45, 7) is 4.10. The van der Waals surface area contributed by atoms with Crippen LogP contribution < -0.4 is 0 Å². The van der Waals surface area contributed by atoms with Crippen molar-refractivity contribution < 1.29 is 20.1 Å². The molecule has 0 saturated heterocycles. The van der Waals surface area contributed by atoms with Crippen LogP contribution in [0.15, 0.2) is 128 Å². The van der Waals surface area contributed by atoms with E-state index in [2.05, 4.69) is 118 Å². The van der Waals surface area contributed by atoms with Gasteiger partial charge in [0.25, 0.3) is 0 Å². The molecule has 0 N–H and O–H groups in total. The molecule has 0 aliphatic rings. The summed E-state index contributed by atoms with van der Waals surface area (Å²) in [5.41, 5.74) is 10.1. The van der Waals surface area contributed by atoms with E-state index >= 15 is 0 Å². The molecule has 10 aromatic rings. The van der Waals surface area contributed by atoms with Crippen molar-refractivity contribution in [1.82, 2.24) is 14.4 Å². The number of benzene rings is 5. The minimum absolute atomic E-state index is 0. The first kappa shape index (κ1) is 29.5. The molecule has 0 spiro atoms. The van der Waals surface area contributed by atoms with Gasteiger partial charge in [-0.15, -0.1) is 71.0 Å². The van der Waals surface area contributed by atoms with Gasteiger partial charge in [-0.2, -0.15) is 0 Å². The maximum Gasteiger partial charge on any atom is 0.0531 e. The van der Waals surface area contributed by atoms with Gasteiger partial charge in [-0.3, -0.25) is 0 Å². The Morgan fingerprint density at radius 3 is 2.02 bits per heavy atom. The molecule has 5 heterocycles. The topological polar surface area (TPSA) is 30.2 Å². The zero-order chi connectivity index (χ0) is 30.8. The van der Waals surface area contributed by atoms with E-state index in [4.69, 9.17) is 0 Å². The molecule has 0 atom stereocenters. The largest absolute Gasteiger partial charge is 0.350 e. The second kappa shape index (κ2) is 11.7. The number of hydrogen-bond donors (Lipinski definition) is 0. The molecule has 0 saturated carbocycles. The number of rotatable bonds is 2. The average Bonchev–Trinajstić information content (AvgIpc) is 3.76. The average molecular weight is 798 g/mol. The van der Waals surface area contributed by atoms with Crippen molar-refractivity contribution in [2.24, 2.45) is 0 Å². The molecule has 10 rings (SSSR count). The monoisotopic (exact) mass is 798 g/mol. The third-order valence-electron chi connectivity index (χ3n) is 8.82. The summed E-state index contributed by atoms with van der Waals surface area (Å²) in [5, 5.41) is 7.93. The van der Waals surface area contributed by atoms with Crippen LogP contribution in [0.5, 0.6) is 0 Å². The molecule has 0 fully saturated rings. The fourth-order valence-electron chi connectivity index (χ4n) is 6.63. The molecule has 1 radical (unpaired) electrons. The fraction of sp³-hybridized carbons (Fsp3) is 0.0476. The van der Waals surface area contributed by atoms with E-state index in [0.29, 0.717) is 0 Å². The standard InChI is InChI=1S/C30H17N2S.C12H10N.Ir/c1-17-10-12-24(31-16-17)18-11-13-26-23(14-18)28-29-21(19-6-2-4-8-25(19)32(26)29)15-22-20-7-3-5-9-27(20)33-30(22)28;1-10-7-8-12(13-9-10)11-5-3-2-4-6-11;/h2-10,12-16H,1H3;2-5,7-9H,1H3;/q2*-1;. The predicted molar refractivity (Wildman–Crippen MR) is 194 cm³/mol. The number of hydrogen-bond acceptors (Lipinski definition) is 3. The molecule has 3 nitrogen and oxygen atoms in total. The van der Waals surface area contributed by atoms with Gasteiger partial charge < -0.3 is 14.4 Å². The zero-order valence-electron chi connectivity index (χ0n) is 25.7. The molecular weight excluding hydrogens is 771 g/mol. The SMILES string of the molecule is Cc1ccc(-c2[c-]cc3c(c2)c2c4sc5ccccc5c4cc4c5ccccc5n3c42)nc1.Cc1ccc(-c2[c-]cccc2)nc1.[Ir]. The van der Waals surface area contributed by atoms with Gasteiger partial charge in [0.05, 0.1) is 5.52 Å². The number of thiophene rings is 1. The van der Waals surface area contributed by atoms with Crippen LogP contribution in [0.25, 0.3) is 80.8 Å². The number of nitrogens with zero attached hydrogens (tertiary/aromatic N) is 3. The maximum atomic E-state index is 4.67. The van der Waals surface area contributed by atoms with Gasteiger partial charge in [0.15, 0.2) is 0 Å². The van der Waals surface area contributed by atoms with Gasteiger partial charge in [0.2, 0.25) is 0 Å². The van der Waals surface area contributed by atoms with Crippen molar-refractivity contribution in [3.05, 3.63) is 151 Å². The van der Waals surface area contributed by atoms with E-state index in [0.717, 1.165) is 22.5 Å². The summed E-state index contributed by atoms with van der Waals surface area (Å²) in [6, 6.07) is 47.2. The molecule has 0 amide bonds. The quantitative estimate of drug-likeness (QED) is 0.163. The van der Waals surface area contributed by atoms with Crippen LogP contribution in [-0.4, -0.2) is 14.4 Å². The van der Waals surface area contributed by atoms with E-state index in [-0.39, 0.29) is 20.1 Å². The van der Waals surface area contributed by atoms with Crippen LogP contribution >= 0.6 is 11.3 Å². The number of fused-ring (bicyclic) bond motifs is 10. The van der Waals surface area contributed by atoms with E-state index in [1.54, 1.807) is 0 Å². The molecule has 0 aliphatic heterocycles. The molecule has 227 valence electrons. The van der Waals surface area contributed by atoms with E-state index in [1.807, 2.05) is 61.0 Å². The van der Waals surface area contributed by atoms with Gasteiger partial charge in [0, 0.05) is 74.3 Å². The van der Waals surface area contributed by atoms with Crippen LogP contribution in [0.1, 0.15) is 11.1 Å². The summed E-state index contributed by atoms with van der Waals surface area (Å²) < 4.78 is 5.13. The summed E-state index contributed by atoms with van der Waals surface area (Å²) in [4.78, 5) is 8.99. The Bertz CT molecular complexity index is 2690. The van der Waals surface area contributed by atoms with Crippen LogP contribution in [0.2, 0.25) is 0 Å². The Balaban J connectivity index is 0.000000196. The number of para-hydroxylation sites is 1. The summed E-state index contributed by atoms with van der Waals surface area (Å²) in [7, 11) is 0. The van der Waals surface area contributed by atoms with Crippen molar-refractivity contribution in [2.75, 3.05) is 0 Å². The summed E-state index contributed by atoms with van der Waals surface area (Å²) in [5.74, 6) is 0. The molecule has 0 bridgehead atoms. The van der Waals surface area contributed by atoms with Crippen LogP contribution in [-0.2, 0) is 20.1 Å². The smallest absolute Gasteiger partial charge is 0.0531 e. The van der Waals surface area contributed by atoms with E-state index < -0.39 is 0 Å². The minimum atomic E-state index is 0. The molecule has 0 unspecified atom stereocenters. The van der Waals surface area contributed by atoms with Crippen LogP contribution in [0, 0.1) is 26.0 Å². The number of aromatic nitrogens is 3. The third-order valence-corrected chi connectivity index (χ3v) is 10.0. The fourth-order valence-corrected chi connectivity index (χ4v) is 7.87. The number of aryl methyl sites for hydroxylation is 2. The van der Waals surface area contributed by atoms with Crippen molar-refractivity contribution in [3.8, 4) is 22.5 Å². The molecular formula is C42H27IrN3S-2. The third kappa shape index (κ3) is 4.82. The predicted octanol–water partition coefficient (Wildman–Crippen LogP) is 11.2. The van der Waals surface area contributed by atoms with Gasteiger partial charge in [-0.05, 0) is 60.1 Å². The van der Waals surface area contributed by atoms with E-state index in [1.165, 1.54) is 69.4 Å². The van der Waals surface area contributed by atoms with Crippen molar-refractivity contribution in [2.45, 2.75) is 13.8 Å². The number of pyridine rings is 2. The zero-order valence-corrected chi connectivity index (χ0v) is 28.9. The second-order valence-electron chi connectivity index (χ2n) is 11.8. The molecule has 5 heteroatoms. The van der Waals surface area contributed by atoms with Crippen molar-refractivity contribution in [1.29, 1.82) is 0 Å². The molecule has 47 heavy (non-hydrogen) atoms. The Kier molecular flexibility index (Phi) is 7.34.